The maximum atomic E-state index is 4.97. The van der Waals surface area contributed by atoms with Crippen LogP contribution in [0.25, 0.3) is 0 Å². The highest BCUT2D eigenvalue weighted by molar-refractivity contribution is 8.93. The van der Waals surface area contributed by atoms with Gasteiger partial charge < -0.3 is 0 Å². The van der Waals surface area contributed by atoms with Crippen LogP contribution < -0.4 is 0 Å². The van der Waals surface area contributed by atoms with Crippen molar-refractivity contribution in [2.75, 3.05) is 0 Å². The molecule has 0 saturated carbocycles. The summed E-state index contributed by atoms with van der Waals surface area (Å²) in [4.78, 5) is 12.3. The highest BCUT2D eigenvalue weighted by atomic mass is 33.1. The molecule has 0 spiro atoms. The summed E-state index contributed by atoms with van der Waals surface area (Å²) in [5.74, 6) is 0. The highest BCUT2D eigenvalue weighted by Gasteiger charge is 2.11. The lowest BCUT2D eigenvalue weighted by Crippen LogP contribution is -1.88. The van der Waals surface area contributed by atoms with Gasteiger partial charge in [0.05, 0.1) is 11.4 Å². The Labute approximate surface area is 218 Å². The molecule has 0 atom stereocenters. The first-order chi connectivity index (χ1) is 16.6. The first-order valence-corrected chi connectivity index (χ1v) is 14.5. The minimum absolute atomic E-state index is 0.958. The molecule has 0 bridgehead atoms. The molecule has 0 N–H and O–H groups in total. The maximum Gasteiger partial charge on any atom is 0.146 e. The van der Waals surface area contributed by atoms with Crippen LogP contribution in [0.4, 0.5) is 11.4 Å². The van der Waals surface area contributed by atoms with Gasteiger partial charge in [0.15, 0.2) is 0 Å². The van der Waals surface area contributed by atoms with E-state index in [1.165, 1.54) is 11.1 Å². The van der Waals surface area contributed by atoms with E-state index in [9.17, 15) is 0 Å². The van der Waals surface area contributed by atoms with Gasteiger partial charge in [-0.05, 0) is 95.1 Å². The van der Waals surface area contributed by atoms with Crippen molar-refractivity contribution in [2.24, 2.45) is 9.98 Å². The Balaban J connectivity index is 1.60. The fraction of sp³-hybridized carbons (Fsp3) is 0.0714. The van der Waals surface area contributed by atoms with Crippen LogP contribution >= 0.6 is 45.1 Å². The second kappa shape index (κ2) is 12.9. The SMILES string of the molecule is Cc1cccc(N=C(SSC(=Nc2cccc(C)c2)Sc2ccccc2)Sc2ccccc2)c1. The first-order valence-electron chi connectivity index (χ1n) is 10.7. The van der Waals surface area contributed by atoms with E-state index in [1.807, 2.05) is 36.4 Å². The van der Waals surface area contributed by atoms with Crippen molar-refractivity contribution in [1.82, 2.24) is 0 Å². The van der Waals surface area contributed by atoms with Crippen molar-refractivity contribution in [2.45, 2.75) is 23.6 Å². The summed E-state index contributed by atoms with van der Waals surface area (Å²) in [5, 5.41) is 0. The molecule has 34 heavy (non-hydrogen) atoms. The van der Waals surface area contributed by atoms with Gasteiger partial charge in [-0.3, -0.25) is 0 Å². The Bertz CT molecular complexity index is 1170. The van der Waals surface area contributed by atoms with Crippen LogP contribution in [0.15, 0.2) is 129 Å². The minimum atomic E-state index is 0.958. The monoisotopic (exact) mass is 516 g/mol. The molecule has 0 saturated heterocycles. The maximum absolute atomic E-state index is 4.97. The number of rotatable bonds is 4. The van der Waals surface area contributed by atoms with E-state index < -0.39 is 0 Å². The molecule has 0 heterocycles. The van der Waals surface area contributed by atoms with Crippen LogP contribution in [0.5, 0.6) is 0 Å². The number of hydrogen-bond donors (Lipinski definition) is 0. The Morgan fingerprint density at radius 2 is 0.912 bits per heavy atom. The summed E-state index contributed by atoms with van der Waals surface area (Å²) in [6.45, 7) is 4.18. The largest absolute Gasteiger partial charge is 0.234 e. The number of hydrogen-bond acceptors (Lipinski definition) is 6. The van der Waals surface area contributed by atoms with Crippen molar-refractivity contribution in [3.63, 3.8) is 0 Å². The van der Waals surface area contributed by atoms with Crippen LogP contribution in [0.2, 0.25) is 0 Å². The number of benzene rings is 4. The van der Waals surface area contributed by atoms with Gasteiger partial charge in [0.1, 0.15) is 8.75 Å². The van der Waals surface area contributed by atoms with Gasteiger partial charge in [-0.2, -0.15) is 0 Å². The van der Waals surface area contributed by atoms with E-state index in [2.05, 4.69) is 86.6 Å². The van der Waals surface area contributed by atoms with Crippen molar-refractivity contribution in [1.29, 1.82) is 0 Å². The predicted molar refractivity (Wildman–Crippen MR) is 156 cm³/mol. The molecular formula is C28H24N2S4. The molecule has 0 amide bonds. The lowest BCUT2D eigenvalue weighted by atomic mass is 10.2. The molecule has 4 aromatic carbocycles. The third kappa shape index (κ3) is 8.13. The molecule has 2 nitrogen and oxygen atoms in total. The molecule has 0 aliphatic rings. The smallest absolute Gasteiger partial charge is 0.146 e. The molecule has 170 valence electrons. The summed E-state index contributed by atoms with van der Waals surface area (Å²) in [7, 11) is 3.29. The van der Waals surface area contributed by atoms with Crippen LogP contribution in [0, 0.1) is 13.8 Å². The average Bonchev–Trinajstić information content (AvgIpc) is 2.84. The van der Waals surface area contributed by atoms with Crippen LogP contribution in [0.1, 0.15) is 11.1 Å². The van der Waals surface area contributed by atoms with Crippen LogP contribution in [-0.4, -0.2) is 8.75 Å². The number of thioether (sulfide) groups is 2. The highest BCUT2D eigenvalue weighted by Crippen LogP contribution is 2.40. The van der Waals surface area contributed by atoms with E-state index in [0.717, 1.165) is 29.9 Å². The van der Waals surface area contributed by atoms with Gasteiger partial charge in [0, 0.05) is 9.79 Å². The number of aryl methyl sites for hydroxylation is 2. The molecule has 6 heteroatoms. The predicted octanol–water partition coefficient (Wildman–Crippen LogP) is 9.94. The van der Waals surface area contributed by atoms with Crippen molar-refractivity contribution in [3.8, 4) is 0 Å². The third-order valence-electron chi connectivity index (χ3n) is 4.53. The fourth-order valence-electron chi connectivity index (χ4n) is 2.97. The van der Waals surface area contributed by atoms with Crippen molar-refractivity contribution < 1.29 is 0 Å². The van der Waals surface area contributed by atoms with Crippen molar-refractivity contribution in [3.05, 3.63) is 120 Å². The molecule has 0 aliphatic carbocycles. The number of nitrogens with zero attached hydrogens (tertiary/aromatic N) is 2. The molecule has 0 aliphatic heterocycles. The molecule has 4 aromatic rings. The second-order valence-corrected chi connectivity index (χ2v) is 12.2. The van der Waals surface area contributed by atoms with E-state index in [1.54, 1.807) is 45.1 Å². The second-order valence-electron chi connectivity index (χ2n) is 7.43. The molecule has 0 unspecified atom stereocenters. The summed E-state index contributed by atoms with van der Waals surface area (Å²) in [5.41, 5.74) is 4.31. The minimum Gasteiger partial charge on any atom is -0.234 e. The molecule has 0 aromatic heterocycles. The van der Waals surface area contributed by atoms with E-state index >= 15 is 0 Å². The zero-order valence-corrected chi connectivity index (χ0v) is 22.2. The van der Waals surface area contributed by atoms with Gasteiger partial charge in [-0.1, -0.05) is 84.2 Å². The Hall–Kier alpha value is -2.38. The Morgan fingerprint density at radius 3 is 1.29 bits per heavy atom. The quantitative estimate of drug-likeness (QED) is 0.117. The van der Waals surface area contributed by atoms with E-state index in [-0.39, 0.29) is 0 Å². The summed E-state index contributed by atoms with van der Waals surface area (Å²) in [6.07, 6.45) is 0. The normalized spacial score (nSPS) is 12.1. The van der Waals surface area contributed by atoms with Crippen molar-refractivity contribution >= 4 is 65.2 Å². The topological polar surface area (TPSA) is 24.7 Å². The Kier molecular flexibility index (Phi) is 9.39. The van der Waals surface area contributed by atoms with E-state index in [4.69, 9.17) is 9.98 Å². The zero-order valence-electron chi connectivity index (χ0n) is 18.9. The first kappa shape index (κ1) is 24.7. The molecule has 0 fully saturated rings. The lowest BCUT2D eigenvalue weighted by molar-refractivity contribution is 1.43. The average molecular weight is 517 g/mol. The molecular weight excluding hydrogens is 493 g/mol. The van der Waals surface area contributed by atoms with E-state index in [0.29, 0.717) is 0 Å². The van der Waals surface area contributed by atoms with Crippen LogP contribution in [0.3, 0.4) is 0 Å². The summed E-state index contributed by atoms with van der Waals surface area (Å²) in [6, 6.07) is 37.3. The number of aliphatic imine (C=N–C) groups is 2. The van der Waals surface area contributed by atoms with Crippen LogP contribution in [-0.2, 0) is 0 Å². The molecule has 4 rings (SSSR count). The standard InChI is InChI=1S/C28H24N2S4/c1-21-11-9-13-23(19-21)29-27(31-25-15-5-3-6-16-25)33-34-28(32-26-17-7-4-8-18-26)30-24-14-10-12-22(2)20-24/h3-20H,1-2H3. The third-order valence-corrected chi connectivity index (χ3v) is 9.45. The summed E-state index contributed by atoms with van der Waals surface area (Å²) >= 11 is 3.35. The Morgan fingerprint density at radius 1 is 0.500 bits per heavy atom. The van der Waals surface area contributed by atoms with Gasteiger partial charge in [0.2, 0.25) is 0 Å². The fourth-order valence-corrected chi connectivity index (χ4v) is 7.42. The molecule has 0 radical (unpaired) electrons. The van der Waals surface area contributed by atoms with Gasteiger partial charge in [-0.25, -0.2) is 9.98 Å². The van der Waals surface area contributed by atoms with Gasteiger partial charge >= 0.3 is 0 Å². The van der Waals surface area contributed by atoms with Gasteiger partial charge in [-0.15, -0.1) is 0 Å². The summed E-state index contributed by atoms with van der Waals surface area (Å²) < 4.78 is 1.93. The lowest BCUT2D eigenvalue weighted by Gasteiger charge is -2.09. The zero-order chi connectivity index (χ0) is 23.6. The van der Waals surface area contributed by atoms with Gasteiger partial charge in [0.25, 0.3) is 0 Å².